The Morgan fingerprint density at radius 1 is 1.80 bits per heavy atom. The zero-order chi connectivity index (χ0) is 7.40. The van der Waals surface area contributed by atoms with E-state index in [9.17, 15) is 4.79 Å². The first-order valence-corrected chi connectivity index (χ1v) is 3.97. The molecule has 52 valence electrons. The van der Waals surface area contributed by atoms with Crippen molar-refractivity contribution in [2.24, 2.45) is 0 Å². The molecule has 10 heavy (non-hydrogen) atoms. The van der Waals surface area contributed by atoms with Crippen LogP contribution < -0.4 is 0 Å². The number of carbonyl (C=O) groups is 1. The van der Waals surface area contributed by atoms with E-state index in [2.05, 4.69) is 0 Å². The highest BCUT2D eigenvalue weighted by Gasteiger charge is 2.18. The first kappa shape index (κ1) is 7.36. The molecule has 3 heteroatoms. The predicted octanol–water partition coefficient (Wildman–Crippen LogP) is 1.49. The van der Waals surface area contributed by atoms with Crippen LogP contribution in [-0.4, -0.2) is 11.0 Å². The molecule has 1 atom stereocenters. The molecule has 0 radical (unpaired) electrons. The summed E-state index contributed by atoms with van der Waals surface area (Å²) in [6, 6.07) is 0. The van der Waals surface area contributed by atoms with E-state index < -0.39 is 0 Å². The standard InChI is InChI=1S/C7H7NOS/c8-5-10-7-4-2-1-3-6(7)9/h1,3,7H,2,4H2. The van der Waals surface area contributed by atoms with E-state index in [1.165, 1.54) is 0 Å². The van der Waals surface area contributed by atoms with Gasteiger partial charge in [0.25, 0.3) is 0 Å². The molecule has 0 spiro atoms. The van der Waals surface area contributed by atoms with Gasteiger partial charge in [-0.05, 0) is 30.7 Å². The molecule has 1 aliphatic rings. The number of nitrogens with zero attached hydrogens (tertiary/aromatic N) is 1. The lowest BCUT2D eigenvalue weighted by molar-refractivity contribution is -0.114. The van der Waals surface area contributed by atoms with Crippen LogP contribution in [0.15, 0.2) is 12.2 Å². The van der Waals surface area contributed by atoms with Crippen molar-refractivity contribution in [3.8, 4) is 5.40 Å². The molecule has 0 aromatic heterocycles. The summed E-state index contributed by atoms with van der Waals surface area (Å²) in [7, 11) is 0. The fraction of sp³-hybridized carbons (Fsp3) is 0.429. The third-order valence-electron chi connectivity index (χ3n) is 1.39. The van der Waals surface area contributed by atoms with Crippen LogP contribution in [0.1, 0.15) is 12.8 Å². The van der Waals surface area contributed by atoms with E-state index in [0.29, 0.717) is 0 Å². The van der Waals surface area contributed by atoms with Crippen molar-refractivity contribution in [1.82, 2.24) is 0 Å². The minimum atomic E-state index is -0.102. The molecule has 0 aromatic rings. The van der Waals surface area contributed by atoms with E-state index in [-0.39, 0.29) is 11.0 Å². The molecule has 0 fully saturated rings. The molecule has 0 N–H and O–H groups in total. The van der Waals surface area contributed by atoms with Gasteiger partial charge in [0.1, 0.15) is 5.40 Å². The Balaban J connectivity index is 2.54. The first-order valence-electron chi connectivity index (χ1n) is 3.09. The number of nitriles is 1. The highest BCUT2D eigenvalue weighted by molar-refractivity contribution is 8.05. The summed E-state index contributed by atoms with van der Waals surface area (Å²) in [5.74, 6) is 0.0813. The summed E-state index contributed by atoms with van der Waals surface area (Å²) in [5.41, 5.74) is 0. The molecule has 0 aliphatic heterocycles. The second-order valence-electron chi connectivity index (χ2n) is 2.08. The van der Waals surface area contributed by atoms with Crippen LogP contribution in [0.2, 0.25) is 0 Å². The zero-order valence-electron chi connectivity index (χ0n) is 5.41. The fourth-order valence-electron chi connectivity index (χ4n) is 0.877. The van der Waals surface area contributed by atoms with Crippen LogP contribution in [-0.2, 0) is 4.79 Å². The largest absolute Gasteiger partial charge is 0.294 e. The van der Waals surface area contributed by atoms with Gasteiger partial charge in [-0.15, -0.1) is 0 Å². The van der Waals surface area contributed by atoms with Gasteiger partial charge in [0.15, 0.2) is 5.78 Å². The van der Waals surface area contributed by atoms with Gasteiger partial charge in [-0.1, -0.05) is 6.08 Å². The maximum absolute atomic E-state index is 10.9. The van der Waals surface area contributed by atoms with Crippen LogP contribution in [0.4, 0.5) is 0 Å². The highest BCUT2D eigenvalue weighted by Crippen LogP contribution is 2.20. The molecule has 0 saturated heterocycles. The van der Waals surface area contributed by atoms with Crippen LogP contribution >= 0.6 is 11.8 Å². The van der Waals surface area contributed by atoms with Gasteiger partial charge in [-0.2, -0.15) is 5.26 Å². The van der Waals surface area contributed by atoms with Crippen molar-refractivity contribution in [3.05, 3.63) is 12.2 Å². The molecule has 0 amide bonds. The van der Waals surface area contributed by atoms with Crippen LogP contribution in [0.3, 0.4) is 0 Å². The maximum atomic E-state index is 10.9. The van der Waals surface area contributed by atoms with Crippen molar-refractivity contribution < 1.29 is 4.79 Å². The molecule has 0 bridgehead atoms. The van der Waals surface area contributed by atoms with Crippen molar-refractivity contribution in [3.63, 3.8) is 0 Å². The van der Waals surface area contributed by atoms with E-state index in [0.717, 1.165) is 24.6 Å². The minimum absolute atomic E-state index is 0.0813. The first-order chi connectivity index (χ1) is 4.84. The van der Waals surface area contributed by atoms with Crippen LogP contribution in [0.25, 0.3) is 0 Å². The Labute approximate surface area is 63.9 Å². The second kappa shape index (κ2) is 3.43. The number of hydrogen-bond donors (Lipinski definition) is 0. The smallest absolute Gasteiger partial charge is 0.169 e. The molecule has 0 saturated carbocycles. The Hall–Kier alpha value is -0.750. The lowest BCUT2D eigenvalue weighted by Gasteiger charge is -2.10. The number of ketones is 1. The number of thioether (sulfide) groups is 1. The lowest BCUT2D eigenvalue weighted by Crippen LogP contribution is -2.16. The quantitative estimate of drug-likeness (QED) is 0.536. The topological polar surface area (TPSA) is 40.9 Å². The van der Waals surface area contributed by atoms with Crippen LogP contribution in [0, 0.1) is 10.7 Å². The van der Waals surface area contributed by atoms with Crippen molar-refractivity contribution in [1.29, 1.82) is 5.26 Å². The zero-order valence-corrected chi connectivity index (χ0v) is 6.23. The summed E-state index contributed by atoms with van der Waals surface area (Å²) in [6.07, 6.45) is 5.16. The average Bonchev–Trinajstić information content (AvgIpc) is 1.94. The van der Waals surface area contributed by atoms with Gasteiger partial charge in [-0.25, -0.2) is 0 Å². The summed E-state index contributed by atoms with van der Waals surface area (Å²) >= 11 is 1.07. The number of carbonyl (C=O) groups excluding carboxylic acids is 1. The Bertz CT molecular complexity index is 204. The van der Waals surface area contributed by atoms with Gasteiger partial charge >= 0.3 is 0 Å². The average molecular weight is 153 g/mol. The molecular formula is C7H7NOS. The van der Waals surface area contributed by atoms with Crippen molar-refractivity contribution in [2.75, 3.05) is 0 Å². The van der Waals surface area contributed by atoms with Gasteiger partial charge in [0.2, 0.25) is 0 Å². The van der Waals surface area contributed by atoms with Crippen LogP contribution in [0.5, 0.6) is 0 Å². The van der Waals surface area contributed by atoms with Gasteiger partial charge < -0.3 is 0 Å². The number of thiocyanates is 1. The number of allylic oxidation sites excluding steroid dienone is 2. The number of rotatable bonds is 1. The van der Waals surface area contributed by atoms with E-state index >= 15 is 0 Å². The third kappa shape index (κ3) is 1.61. The lowest BCUT2D eigenvalue weighted by atomic mass is 10.1. The molecule has 1 aliphatic carbocycles. The summed E-state index contributed by atoms with van der Waals surface area (Å²) < 4.78 is 0. The van der Waals surface area contributed by atoms with Gasteiger partial charge in [-0.3, -0.25) is 4.79 Å². The molecule has 2 nitrogen and oxygen atoms in total. The Kier molecular flexibility index (Phi) is 2.52. The molecule has 0 heterocycles. The van der Waals surface area contributed by atoms with E-state index in [1.54, 1.807) is 6.08 Å². The second-order valence-corrected chi connectivity index (χ2v) is 3.07. The molecule has 1 rings (SSSR count). The predicted molar refractivity (Wildman–Crippen MR) is 40.4 cm³/mol. The normalized spacial score (nSPS) is 24.3. The van der Waals surface area contributed by atoms with Gasteiger partial charge in [0, 0.05) is 0 Å². The fourth-order valence-corrected chi connectivity index (χ4v) is 1.45. The summed E-state index contributed by atoms with van der Waals surface area (Å²) in [4.78, 5) is 10.9. The van der Waals surface area contributed by atoms with E-state index in [1.807, 2.05) is 11.5 Å². The Morgan fingerprint density at radius 3 is 3.20 bits per heavy atom. The molecule has 1 unspecified atom stereocenters. The van der Waals surface area contributed by atoms with Gasteiger partial charge in [0.05, 0.1) is 5.25 Å². The third-order valence-corrected chi connectivity index (χ3v) is 2.25. The van der Waals surface area contributed by atoms with Crippen molar-refractivity contribution in [2.45, 2.75) is 18.1 Å². The van der Waals surface area contributed by atoms with Crippen molar-refractivity contribution >= 4 is 17.5 Å². The SMILES string of the molecule is N#CSC1CCC=CC1=O. The number of hydrogen-bond acceptors (Lipinski definition) is 3. The summed E-state index contributed by atoms with van der Waals surface area (Å²) in [6.45, 7) is 0. The summed E-state index contributed by atoms with van der Waals surface area (Å²) in [5, 5.41) is 10.1. The molecular weight excluding hydrogens is 146 g/mol. The minimum Gasteiger partial charge on any atom is -0.294 e. The maximum Gasteiger partial charge on any atom is 0.169 e. The monoisotopic (exact) mass is 153 g/mol. The highest BCUT2D eigenvalue weighted by atomic mass is 32.2. The molecule has 0 aromatic carbocycles. The Morgan fingerprint density at radius 2 is 2.60 bits per heavy atom. The van der Waals surface area contributed by atoms with E-state index in [4.69, 9.17) is 5.26 Å².